The highest BCUT2D eigenvalue weighted by Gasteiger charge is 2.22. The Morgan fingerprint density at radius 2 is 0.837 bits per heavy atom. The van der Waals surface area contributed by atoms with Crippen LogP contribution in [0.15, 0.2) is 164 Å². The second-order valence-electron chi connectivity index (χ2n) is 11.7. The Balaban J connectivity index is 1.29. The van der Waals surface area contributed by atoms with E-state index in [1.807, 2.05) is 60.7 Å². The van der Waals surface area contributed by atoms with E-state index in [1.165, 1.54) is 0 Å². The average Bonchev–Trinajstić information content (AvgIpc) is 3.75. The summed E-state index contributed by atoms with van der Waals surface area (Å²) in [6.07, 6.45) is 3.61. The molecule has 9 rings (SSSR count). The van der Waals surface area contributed by atoms with Gasteiger partial charge in [-0.2, -0.15) is 0 Å². The van der Waals surface area contributed by atoms with Gasteiger partial charge in [-0.05, 0) is 65.7 Å². The Hall–Kier alpha value is -6.37. The van der Waals surface area contributed by atoms with E-state index in [-0.39, 0.29) is 0 Å². The third kappa shape index (κ3) is 5.06. The third-order valence-corrected chi connectivity index (χ3v) is 8.92. The molecule has 0 amide bonds. The summed E-state index contributed by atoms with van der Waals surface area (Å²) in [5.41, 5.74) is 11.1. The fourth-order valence-electron chi connectivity index (χ4n) is 6.58. The molecule has 5 aromatic carbocycles. The molecule has 0 N–H and O–H groups in total. The normalized spacial score (nSPS) is 11.4. The zero-order valence-electron chi connectivity index (χ0n) is 26.1. The zero-order valence-corrected chi connectivity index (χ0v) is 26.9. The number of nitrogens with zero attached hydrogens (tertiary/aromatic N) is 6. The molecule has 4 aromatic heterocycles. The van der Waals surface area contributed by atoms with E-state index in [9.17, 15) is 0 Å². The van der Waals surface area contributed by atoms with Gasteiger partial charge >= 0.3 is 0 Å². The van der Waals surface area contributed by atoms with Crippen LogP contribution in [-0.4, -0.2) is 29.1 Å². The molecule has 0 saturated carbocycles. The van der Waals surface area contributed by atoms with Crippen molar-refractivity contribution in [3.05, 3.63) is 169 Å². The van der Waals surface area contributed by atoms with Gasteiger partial charge in [0.05, 0.1) is 11.4 Å². The average molecular weight is 651 g/mol. The van der Waals surface area contributed by atoms with Gasteiger partial charge in [0.2, 0.25) is 0 Å². The van der Waals surface area contributed by atoms with Gasteiger partial charge < -0.3 is 0 Å². The summed E-state index contributed by atoms with van der Waals surface area (Å²) in [7, 11) is 0. The van der Waals surface area contributed by atoms with Crippen molar-refractivity contribution >= 4 is 33.9 Å². The molecule has 0 atom stereocenters. The molecule has 0 saturated heterocycles. The molecule has 9 aromatic rings. The van der Waals surface area contributed by atoms with Gasteiger partial charge in [0.25, 0.3) is 0 Å². The first kappa shape index (κ1) is 28.8. The first-order valence-corrected chi connectivity index (χ1v) is 16.4. The summed E-state index contributed by atoms with van der Waals surface area (Å²) in [6.45, 7) is 0. The highest BCUT2D eigenvalue weighted by atomic mass is 35.5. The molecule has 6 nitrogen and oxygen atoms in total. The molecule has 0 fully saturated rings. The molecular weight excluding hydrogens is 624 g/mol. The second kappa shape index (κ2) is 12.0. The van der Waals surface area contributed by atoms with Crippen LogP contribution in [0.2, 0.25) is 5.02 Å². The minimum Gasteiger partial charge on any atom is -0.276 e. The molecule has 232 valence electrons. The Kier molecular flexibility index (Phi) is 7.07. The zero-order chi connectivity index (χ0) is 32.7. The summed E-state index contributed by atoms with van der Waals surface area (Å²) in [4.78, 5) is 19.9. The van der Waals surface area contributed by atoms with Crippen LogP contribution in [-0.2, 0) is 0 Å². The number of benzene rings is 5. The van der Waals surface area contributed by atoms with Crippen molar-refractivity contribution in [2.75, 3.05) is 0 Å². The van der Waals surface area contributed by atoms with E-state index in [2.05, 4.69) is 100 Å². The monoisotopic (exact) mass is 650 g/mol. The predicted molar refractivity (Wildman–Crippen MR) is 198 cm³/mol. The highest BCUT2D eigenvalue weighted by Crippen LogP contribution is 2.38. The summed E-state index contributed by atoms with van der Waals surface area (Å²) < 4.78 is 4.25. The van der Waals surface area contributed by atoms with E-state index in [0.29, 0.717) is 5.02 Å². The van der Waals surface area contributed by atoms with Crippen molar-refractivity contribution in [2.45, 2.75) is 0 Å². The van der Waals surface area contributed by atoms with Gasteiger partial charge in [-0.1, -0.05) is 109 Å². The standard InChI is InChI=1S/C42H27ClN6/c43-32-26-30(39-46-35-19-11-23-44-41(35)48(39)37-21-9-7-17-33(37)28-13-3-1-4-14-28)25-31(27-32)40-47-36-20-12-24-45-42(36)49(40)38-22-10-8-18-34(38)29-15-5-2-6-16-29/h1-27H. The molecular formula is C42H27ClN6. The van der Waals surface area contributed by atoms with Crippen molar-refractivity contribution < 1.29 is 0 Å². The Labute approximate surface area is 287 Å². The fraction of sp³-hybridized carbons (Fsp3) is 0. The van der Waals surface area contributed by atoms with Crippen molar-refractivity contribution in [3.8, 4) is 56.4 Å². The van der Waals surface area contributed by atoms with Crippen LogP contribution in [0.4, 0.5) is 0 Å². The van der Waals surface area contributed by atoms with E-state index in [4.69, 9.17) is 31.5 Å². The summed E-state index contributed by atoms with van der Waals surface area (Å²) in [5, 5.41) is 0.568. The molecule has 0 radical (unpaired) electrons. The lowest BCUT2D eigenvalue weighted by atomic mass is 10.0. The minimum atomic E-state index is 0.568. The lowest BCUT2D eigenvalue weighted by Gasteiger charge is -2.16. The number of pyridine rings is 2. The number of halogens is 1. The van der Waals surface area contributed by atoms with Crippen LogP contribution in [0.5, 0.6) is 0 Å². The lowest BCUT2D eigenvalue weighted by molar-refractivity contribution is 1.07. The molecule has 0 bridgehead atoms. The number of aromatic nitrogens is 6. The molecule has 4 heterocycles. The first-order valence-electron chi connectivity index (χ1n) is 16.0. The minimum absolute atomic E-state index is 0.568. The van der Waals surface area contributed by atoms with Crippen molar-refractivity contribution in [1.29, 1.82) is 0 Å². The quantitative estimate of drug-likeness (QED) is 0.180. The van der Waals surface area contributed by atoms with Crippen molar-refractivity contribution in [1.82, 2.24) is 29.1 Å². The van der Waals surface area contributed by atoms with Crippen LogP contribution in [0.3, 0.4) is 0 Å². The van der Waals surface area contributed by atoms with Gasteiger partial charge in [0.1, 0.15) is 22.7 Å². The van der Waals surface area contributed by atoms with Gasteiger partial charge in [0, 0.05) is 39.7 Å². The van der Waals surface area contributed by atoms with Gasteiger partial charge in [-0.25, -0.2) is 19.9 Å². The number of rotatable bonds is 6. The molecule has 0 spiro atoms. The number of para-hydroxylation sites is 2. The smallest absolute Gasteiger partial charge is 0.164 e. The second-order valence-corrected chi connectivity index (χ2v) is 12.2. The summed E-state index contributed by atoms with van der Waals surface area (Å²) in [5.74, 6) is 1.46. The van der Waals surface area contributed by atoms with Gasteiger partial charge in [-0.3, -0.25) is 9.13 Å². The molecule has 0 aliphatic rings. The van der Waals surface area contributed by atoms with Crippen LogP contribution < -0.4 is 0 Å². The van der Waals surface area contributed by atoms with Gasteiger partial charge in [0.15, 0.2) is 11.3 Å². The maximum Gasteiger partial charge on any atom is 0.164 e. The Morgan fingerprint density at radius 3 is 1.31 bits per heavy atom. The molecule has 7 heteroatoms. The predicted octanol–water partition coefficient (Wildman–Crippen LogP) is 10.5. The van der Waals surface area contributed by atoms with E-state index in [0.717, 1.165) is 78.7 Å². The topological polar surface area (TPSA) is 61.4 Å². The number of imidazole rings is 2. The largest absolute Gasteiger partial charge is 0.276 e. The molecule has 49 heavy (non-hydrogen) atoms. The Morgan fingerprint density at radius 1 is 0.408 bits per heavy atom. The third-order valence-electron chi connectivity index (χ3n) is 8.71. The van der Waals surface area contributed by atoms with E-state index in [1.54, 1.807) is 12.4 Å². The number of fused-ring (bicyclic) bond motifs is 2. The van der Waals surface area contributed by atoms with Crippen molar-refractivity contribution in [2.24, 2.45) is 0 Å². The first-order chi connectivity index (χ1) is 24.2. The lowest BCUT2D eigenvalue weighted by Crippen LogP contribution is -2.03. The van der Waals surface area contributed by atoms with Gasteiger partial charge in [-0.15, -0.1) is 0 Å². The van der Waals surface area contributed by atoms with Crippen LogP contribution in [0, 0.1) is 0 Å². The van der Waals surface area contributed by atoms with E-state index >= 15 is 0 Å². The fourth-order valence-corrected chi connectivity index (χ4v) is 6.81. The number of hydrogen-bond acceptors (Lipinski definition) is 4. The molecule has 0 aliphatic heterocycles. The highest BCUT2D eigenvalue weighted by molar-refractivity contribution is 6.31. The Bertz CT molecular complexity index is 2450. The molecule has 0 aliphatic carbocycles. The van der Waals surface area contributed by atoms with Crippen LogP contribution >= 0.6 is 11.6 Å². The maximum atomic E-state index is 6.99. The SMILES string of the molecule is Clc1cc(-c2nc3cccnc3n2-c2ccccc2-c2ccccc2)cc(-c2nc3cccnc3n2-c2ccccc2-c2ccccc2)c1. The van der Waals surface area contributed by atoms with Crippen molar-refractivity contribution in [3.63, 3.8) is 0 Å². The number of hydrogen-bond donors (Lipinski definition) is 0. The maximum absolute atomic E-state index is 6.99. The summed E-state index contributed by atoms with van der Waals surface area (Å²) in [6, 6.07) is 51.3. The van der Waals surface area contributed by atoms with Crippen LogP contribution in [0.1, 0.15) is 0 Å². The van der Waals surface area contributed by atoms with E-state index < -0.39 is 0 Å². The summed E-state index contributed by atoms with van der Waals surface area (Å²) >= 11 is 6.99. The molecule has 0 unspecified atom stereocenters. The van der Waals surface area contributed by atoms with Crippen LogP contribution in [0.25, 0.3) is 78.7 Å².